The highest BCUT2D eigenvalue weighted by Gasteiger charge is 2.17. The van der Waals surface area contributed by atoms with Gasteiger partial charge in [-0.15, -0.1) is 0 Å². The number of aromatic nitrogens is 2. The predicted octanol–water partition coefficient (Wildman–Crippen LogP) is 3.10. The van der Waals surface area contributed by atoms with Gasteiger partial charge < -0.3 is 9.84 Å². The van der Waals surface area contributed by atoms with Crippen LogP contribution in [0.4, 0.5) is 5.69 Å². The van der Waals surface area contributed by atoms with Crippen LogP contribution >= 0.6 is 11.6 Å². The number of hydrogen-bond acceptors (Lipinski definition) is 5. The predicted molar refractivity (Wildman–Crippen MR) is 104 cm³/mol. The number of aliphatic carboxylic acids is 1. The zero-order valence-electron chi connectivity index (χ0n) is 14.7. The van der Waals surface area contributed by atoms with Crippen molar-refractivity contribution >= 4 is 33.3 Å². The van der Waals surface area contributed by atoms with Gasteiger partial charge in [0.15, 0.2) is 6.61 Å². The van der Waals surface area contributed by atoms with E-state index < -0.39 is 22.6 Å². The zero-order valence-corrected chi connectivity index (χ0v) is 16.2. The lowest BCUT2D eigenvalue weighted by molar-refractivity contribution is -0.139. The fourth-order valence-corrected chi connectivity index (χ4v) is 3.84. The highest BCUT2D eigenvalue weighted by Crippen LogP contribution is 2.28. The van der Waals surface area contributed by atoms with Gasteiger partial charge in [-0.2, -0.15) is 5.10 Å². The molecule has 0 fully saturated rings. The summed E-state index contributed by atoms with van der Waals surface area (Å²) in [7, 11) is -3.92. The molecule has 0 bridgehead atoms. The molecular weight excluding hydrogens is 406 g/mol. The van der Waals surface area contributed by atoms with Crippen molar-refractivity contribution in [2.24, 2.45) is 0 Å². The zero-order chi connectivity index (χ0) is 20.3. The summed E-state index contributed by atoms with van der Waals surface area (Å²) in [6, 6.07) is 12.4. The molecule has 2 aromatic carbocycles. The molecule has 0 unspecified atom stereocenters. The van der Waals surface area contributed by atoms with E-state index in [0.717, 1.165) is 5.69 Å². The minimum absolute atomic E-state index is 0.00922. The first-order valence-electron chi connectivity index (χ1n) is 8.04. The number of benzene rings is 2. The molecule has 0 amide bonds. The van der Waals surface area contributed by atoms with Crippen LogP contribution in [-0.4, -0.2) is 35.9 Å². The first kappa shape index (κ1) is 19.7. The molecular formula is C18H16ClN3O5S. The molecule has 0 aliphatic carbocycles. The van der Waals surface area contributed by atoms with Crippen molar-refractivity contribution < 1.29 is 23.1 Å². The highest BCUT2D eigenvalue weighted by atomic mass is 35.5. The smallest absolute Gasteiger partial charge is 0.341 e. The van der Waals surface area contributed by atoms with Crippen LogP contribution in [-0.2, 0) is 14.8 Å². The summed E-state index contributed by atoms with van der Waals surface area (Å²) in [6.07, 6.45) is 1.65. The first-order chi connectivity index (χ1) is 13.3. The number of nitrogens with one attached hydrogen (secondary N) is 1. The lowest BCUT2D eigenvalue weighted by Crippen LogP contribution is -2.14. The number of halogens is 1. The fraction of sp³-hybridized carbons (Fsp3) is 0.111. The molecule has 0 spiro atoms. The Kier molecular flexibility index (Phi) is 5.57. The van der Waals surface area contributed by atoms with Crippen molar-refractivity contribution in [3.8, 4) is 11.4 Å². The van der Waals surface area contributed by atoms with Gasteiger partial charge in [0.25, 0.3) is 10.0 Å². The number of carbonyl (C=O) groups is 1. The molecule has 0 saturated carbocycles. The Hall–Kier alpha value is -3.04. The number of ether oxygens (including phenoxy) is 1. The summed E-state index contributed by atoms with van der Waals surface area (Å²) < 4.78 is 34.5. The van der Waals surface area contributed by atoms with E-state index >= 15 is 0 Å². The van der Waals surface area contributed by atoms with Gasteiger partial charge in [-0.3, -0.25) is 4.72 Å². The average Bonchev–Trinajstić information content (AvgIpc) is 3.06. The number of anilines is 1. The minimum atomic E-state index is -3.92. The Balaban J connectivity index is 1.83. The molecule has 3 rings (SSSR count). The second-order valence-electron chi connectivity index (χ2n) is 5.81. The summed E-state index contributed by atoms with van der Waals surface area (Å²) in [5.41, 5.74) is 1.97. The Morgan fingerprint density at radius 1 is 1.25 bits per heavy atom. The monoisotopic (exact) mass is 421 g/mol. The Bertz CT molecular complexity index is 1130. The molecule has 2 N–H and O–H groups in total. The number of hydrogen-bond donors (Lipinski definition) is 2. The number of sulfonamides is 1. The number of rotatable bonds is 7. The van der Waals surface area contributed by atoms with Crippen LogP contribution in [0.25, 0.3) is 5.69 Å². The SMILES string of the molecule is Cc1ccnn1-c1cccc(NS(=O)(=O)c2ccc(OCC(=O)O)c(Cl)c2)c1. The molecule has 28 heavy (non-hydrogen) atoms. The molecule has 0 saturated heterocycles. The van der Waals surface area contributed by atoms with Gasteiger partial charge in [0.2, 0.25) is 0 Å². The number of aryl methyl sites for hydroxylation is 1. The van der Waals surface area contributed by atoms with Gasteiger partial charge in [-0.25, -0.2) is 17.9 Å². The Morgan fingerprint density at radius 3 is 2.68 bits per heavy atom. The summed E-state index contributed by atoms with van der Waals surface area (Å²) in [5.74, 6) is -1.08. The Morgan fingerprint density at radius 2 is 2.04 bits per heavy atom. The van der Waals surface area contributed by atoms with Gasteiger partial charge in [-0.05, 0) is 49.4 Å². The van der Waals surface area contributed by atoms with E-state index in [4.69, 9.17) is 21.4 Å². The maximum absolute atomic E-state index is 12.7. The van der Waals surface area contributed by atoms with Crippen molar-refractivity contribution in [1.82, 2.24) is 9.78 Å². The van der Waals surface area contributed by atoms with E-state index in [1.54, 1.807) is 29.1 Å². The molecule has 0 atom stereocenters. The molecule has 8 nitrogen and oxygen atoms in total. The van der Waals surface area contributed by atoms with Gasteiger partial charge in [0.05, 0.1) is 21.3 Å². The molecule has 3 aromatic rings. The number of nitrogens with zero attached hydrogens (tertiary/aromatic N) is 2. The molecule has 0 aliphatic heterocycles. The highest BCUT2D eigenvalue weighted by molar-refractivity contribution is 7.92. The van der Waals surface area contributed by atoms with Gasteiger partial charge in [0.1, 0.15) is 5.75 Å². The van der Waals surface area contributed by atoms with Crippen molar-refractivity contribution in [3.05, 3.63) is 65.4 Å². The normalized spacial score (nSPS) is 11.2. The maximum atomic E-state index is 12.7. The van der Waals surface area contributed by atoms with Crippen LogP contribution < -0.4 is 9.46 Å². The number of carboxylic acids is 1. The van der Waals surface area contributed by atoms with Gasteiger partial charge in [0, 0.05) is 11.9 Å². The van der Waals surface area contributed by atoms with Gasteiger partial charge >= 0.3 is 5.97 Å². The fourth-order valence-electron chi connectivity index (χ4n) is 2.46. The largest absolute Gasteiger partial charge is 0.480 e. The molecule has 1 aromatic heterocycles. The van der Waals surface area contributed by atoms with Crippen molar-refractivity contribution in [3.63, 3.8) is 0 Å². The summed E-state index contributed by atoms with van der Waals surface area (Å²) >= 11 is 6.01. The van der Waals surface area contributed by atoms with E-state index in [9.17, 15) is 13.2 Å². The molecule has 146 valence electrons. The summed E-state index contributed by atoms with van der Waals surface area (Å²) in [6.45, 7) is 1.31. The second-order valence-corrected chi connectivity index (χ2v) is 7.90. The average molecular weight is 422 g/mol. The van der Waals surface area contributed by atoms with Gasteiger partial charge in [-0.1, -0.05) is 17.7 Å². The summed E-state index contributed by atoms with van der Waals surface area (Å²) in [5, 5.41) is 12.8. The quantitative estimate of drug-likeness (QED) is 0.606. The first-order valence-corrected chi connectivity index (χ1v) is 9.90. The van der Waals surface area contributed by atoms with Crippen LogP contribution in [0.5, 0.6) is 5.75 Å². The third-order valence-electron chi connectivity index (χ3n) is 3.74. The standard InChI is InChI=1S/C18H16ClN3O5S/c1-12-7-8-20-22(12)14-4-2-3-13(9-14)21-28(25,26)15-5-6-17(16(19)10-15)27-11-18(23)24/h2-10,21H,11H2,1H3,(H,23,24). The molecule has 0 aliphatic rings. The van der Waals surface area contributed by atoms with Crippen molar-refractivity contribution in [2.45, 2.75) is 11.8 Å². The van der Waals surface area contributed by atoms with Crippen LogP contribution in [0.1, 0.15) is 5.69 Å². The van der Waals surface area contributed by atoms with Crippen LogP contribution in [0.3, 0.4) is 0 Å². The topological polar surface area (TPSA) is 111 Å². The van der Waals surface area contributed by atoms with Crippen LogP contribution in [0.2, 0.25) is 5.02 Å². The lowest BCUT2D eigenvalue weighted by atomic mass is 10.3. The third-order valence-corrected chi connectivity index (χ3v) is 5.41. The van der Waals surface area contributed by atoms with E-state index in [1.165, 1.54) is 18.2 Å². The minimum Gasteiger partial charge on any atom is -0.480 e. The molecule has 10 heteroatoms. The maximum Gasteiger partial charge on any atom is 0.341 e. The molecule has 1 heterocycles. The van der Waals surface area contributed by atoms with E-state index in [0.29, 0.717) is 11.4 Å². The van der Waals surface area contributed by atoms with Crippen LogP contribution in [0, 0.1) is 6.92 Å². The number of carboxylic acid groups (broad SMARTS) is 1. The van der Waals surface area contributed by atoms with Crippen LogP contribution in [0.15, 0.2) is 59.6 Å². The van der Waals surface area contributed by atoms with E-state index in [2.05, 4.69) is 9.82 Å². The second kappa shape index (κ2) is 7.91. The molecule has 0 radical (unpaired) electrons. The van der Waals surface area contributed by atoms with E-state index in [1.807, 2.05) is 19.1 Å². The Labute approximate surface area is 166 Å². The van der Waals surface area contributed by atoms with Crippen molar-refractivity contribution in [1.29, 1.82) is 0 Å². The third kappa shape index (κ3) is 4.44. The lowest BCUT2D eigenvalue weighted by Gasteiger charge is -2.12. The summed E-state index contributed by atoms with van der Waals surface area (Å²) in [4.78, 5) is 10.5. The van der Waals surface area contributed by atoms with Crippen molar-refractivity contribution in [2.75, 3.05) is 11.3 Å². The van der Waals surface area contributed by atoms with E-state index in [-0.39, 0.29) is 15.7 Å².